The SMILES string of the molecule is CC(=O)c1ccc(N(CC(=O)N2CCCCCC2)S(C)(=O)=O)cc1. The maximum absolute atomic E-state index is 12.5. The summed E-state index contributed by atoms with van der Waals surface area (Å²) in [4.78, 5) is 25.6. The van der Waals surface area contributed by atoms with E-state index in [1.165, 1.54) is 6.92 Å². The van der Waals surface area contributed by atoms with Gasteiger partial charge >= 0.3 is 0 Å². The van der Waals surface area contributed by atoms with Gasteiger partial charge in [0, 0.05) is 18.7 Å². The van der Waals surface area contributed by atoms with Crippen LogP contribution in [-0.2, 0) is 14.8 Å². The van der Waals surface area contributed by atoms with E-state index >= 15 is 0 Å². The zero-order valence-electron chi connectivity index (χ0n) is 14.2. The standard InChI is InChI=1S/C17H24N2O4S/c1-14(20)15-7-9-16(10-8-15)19(24(2,22)23)13-17(21)18-11-5-3-4-6-12-18/h7-10H,3-6,11-13H2,1-2H3. The molecule has 24 heavy (non-hydrogen) atoms. The second kappa shape index (κ2) is 7.79. The van der Waals surface area contributed by atoms with Crippen LogP contribution in [0.5, 0.6) is 0 Å². The Hall–Kier alpha value is -1.89. The first kappa shape index (κ1) is 18.4. The normalized spacial score (nSPS) is 15.7. The quantitative estimate of drug-likeness (QED) is 0.760. The van der Waals surface area contributed by atoms with E-state index in [9.17, 15) is 18.0 Å². The van der Waals surface area contributed by atoms with Crippen LogP contribution in [0.25, 0.3) is 0 Å². The van der Waals surface area contributed by atoms with E-state index in [0.29, 0.717) is 24.3 Å². The average Bonchev–Trinajstić information content (AvgIpc) is 2.80. The fraction of sp³-hybridized carbons (Fsp3) is 0.529. The lowest BCUT2D eigenvalue weighted by Crippen LogP contribution is -2.43. The molecule has 0 radical (unpaired) electrons. The summed E-state index contributed by atoms with van der Waals surface area (Å²) in [5, 5.41) is 0. The van der Waals surface area contributed by atoms with Gasteiger partial charge in [-0.2, -0.15) is 0 Å². The molecule has 1 amide bonds. The van der Waals surface area contributed by atoms with Gasteiger partial charge in [0.1, 0.15) is 6.54 Å². The topological polar surface area (TPSA) is 74.8 Å². The van der Waals surface area contributed by atoms with Gasteiger partial charge < -0.3 is 4.90 Å². The van der Waals surface area contributed by atoms with Crippen molar-refractivity contribution in [2.45, 2.75) is 32.6 Å². The molecule has 0 aromatic heterocycles. The Morgan fingerprint density at radius 1 is 1.04 bits per heavy atom. The maximum Gasteiger partial charge on any atom is 0.243 e. The maximum atomic E-state index is 12.5. The molecule has 1 aliphatic heterocycles. The average molecular weight is 352 g/mol. The number of carbonyl (C=O) groups excluding carboxylic acids is 2. The van der Waals surface area contributed by atoms with Gasteiger partial charge in [0.2, 0.25) is 15.9 Å². The van der Waals surface area contributed by atoms with Gasteiger partial charge in [-0.3, -0.25) is 13.9 Å². The van der Waals surface area contributed by atoms with Crippen molar-refractivity contribution in [2.24, 2.45) is 0 Å². The van der Waals surface area contributed by atoms with E-state index in [1.54, 1.807) is 29.2 Å². The first-order valence-electron chi connectivity index (χ1n) is 8.15. The van der Waals surface area contributed by atoms with Crippen LogP contribution in [0.4, 0.5) is 5.69 Å². The van der Waals surface area contributed by atoms with Crippen LogP contribution in [0.2, 0.25) is 0 Å². The number of ketones is 1. The number of hydrogen-bond donors (Lipinski definition) is 0. The minimum absolute atomic E-state index is 0.0897. The molecule has 1 aromatic carbocycles. The Bertz CT molecular complexity index is 690. The van der Waals surface area contributed by atoms with Crippen LogP contribution in [0, 0.1) is 0 Å². The minimum atomic E-state index is -3.59. The first-order valence-corrected chi connectivity index (χ1v) is 10.0. The van der Waals surface area contributed by atoms with E-state index in [-0.39, 0.29) is 18.2 Å². The van der Waals surface area contributed by atoms with Crippen molar-refractivity contribution in [1.29, 1.82) is 0 Å². The number of likely N-dealkylation sites (tertiary alicyclic amines) is 1. The summed E-state index contributed by atoms with van der Waals surface area (Å²) in [5.74, 6) is -0.272. The smallest absolute Gasteiger partial charge is 0.243 e. The van der Waals surface area contributed by atoms with E-state index in [0.717, 1.165) is 36.2 Å². The zero-order valence-corrected chi connectivity index (χ0v) is 15.0. The Balaban J connectivity index is 2.19. The molecule has 6 nitrogen and oxygen atoms in total. The molecule has 1 fully saturated rings. The summed E-state index contributed by atoms with van der Waals surface area (Å²) in [6.07, 6.45) is 5.20. The second-order valence-electron chi connectivity index (χ2n) is 6.17. The highest BCUT2D eigenvalue weighted by atomic mass is 32.2. The molecule has 0 bridgehead atoms. The molecular weight excluding hydrogens is 328 g/mol. The molecule has 0 spiro atoms. The van der Waals surface area contributed by atoms with Crippen molar-refractivity contribution in [1.82, 2.24) is 4.90 Å². The third-order valence-electron chi connectivity index (χ3n) is 4.20. The number of benzene rings is 1. The summed E-state index contributed by atoms with van der Waals surface area (Å²) < 4.78 is 25.4. The van der Waals surface area contributed by atoms with Crippen molar-refractivity contribution in [3.8, 4) is 0 Å². The monoisotopic (exact) mass is 352 g/mol. The number of Topliss-reactive ketones (excluding diaryl/α,β-unsaturated/α-hetero) is 1. The lowest BCUT2D eigenvalue weighted by atomic mass is 10.1. The molecule has 1 heterocycles. The lowest BCUT2D eigenvalue weighted by molar-refractivity contribution is -0.129. The molecule has 0 saturated carbocycles. The Kier molecular flexibility index (Phi) is 5.99. The van der Waals surface area contributed by atoms with Crippen molar-refractivity contribution >= 4 is 27.4 Å². The number of sulfonamides is 1. The lowest BCUT2D eigenvalue weighted by Gasteiger charge is -2.26. The third-order valence-corrected chi connectivity index (χ3v) is 5.34. The van der Waals surface area contributed by atoms with E-state index in [1.807, 2.05) is 0 Å². The summed E-state index contributed by atoms with van der Waals surface area (Å²) in [6.45, 7) is 2.60. The van der Waals surface area contributed by atoms with Crippen molar-refractivity contribution in [3.05, 3.63) is 29.8 Å². The fourth-order valence-corrected chi connectivity index (χ4v) is 3.65. The second-order valence-corrected chi connectivity index (χ2v) is 8.07. The predicted octanol–water partition coefficient (Wildman–Crippen LogP) is 2.06. The molecule has 0 N–H and O–H groups in total. The molecule has 7 heteroatoms. The molecule has 1 aromatic rings. The zero-order chi connectivity index (χ0) is 17.7. The summed E-state index contributed by atoms with van der Waals surface area (Å²) in [5.41, 5.74) is 0.900. The molecule has 132 valence electrons. The first-order chi connectivity index (χ1) is 11.3. The Morgan fingerprint density at radius 2 is 1.58 bits per heavy atom. The van der Waals surface area contributed by atoms with Gasteiger partial charge in [-0.25, -0.2) is 8.42 Å². The van der Waals surface area contributed by atoms with E-state index in [4.69, 9.17) is 0 Å². The fourth-order valence-electron chi connectivity index (χ4n) is 2.81. The van der Waals surface area contributed by atoms with Crippen molar-refractivity contribution in [2.75, 3.05) is 30.2 Å². The molecule has 0 atom stereocenters. The Labute approximate surface area is 143 Å². The van der Waals surface area contributed by atoms with Crippen LogP contribution in [0.3, 0.4) is 0 Å². The van der Waals surface area contributed by atoms with E-state index in [2.05, 4.69) is 0 Å². The van der Waals surface area contributed by atoms with Crippen LogP contribution in [0.15, 0.2) is 24.3 Å². The molecule has 0 unspecified atom stereocenters. The number of rotatable bonds is 5. The number of anilines is 1. The number of nitrogens with zero attached hydrogens (tertiary/aromatic N) is 2. The molecule has 1 saturated heterocycles. The third kappa shape index (κ3) is 4.80. The van der Waals surface area contributed by atoms with Gasteiger partial charge in [0.05, 0.1) is 11.9 Å². The number of amides is 1. The Morgan fingerprint density at radius 3 is 2.04 bits per heavy atom. The van der Waals surface area contributed by atoms with Crippen LogP contribution >= 0.6 is 0 Å². The van der Waals surface area contributed by atoms with Gasteiger partial charge in [-0.15, -0.1) is 0 Å². The highest BCUT2D eigenvalue weighted by Gasteiger charge is 2.24. The largest absolute Gasteiger partial charge is 0.341 e. The summed E-state index contributed by atoms with van der Waals surface area (Å²) in [7, 11) is -3.59. The van der Waals surface area contributed by atoms with Gasteiger partial charge in [-0.05, 0) is 44.0 Å². The summed E-state index contributed by atoms with van der Waals surface area (Å²) in [6, 6.07) is 6.28. The summed E-state index contributed by atoms with van der Waals surface area (Å²) >= 11 is 0. The number of hydrogen-bond acceptors (Lipinski definition) is 4. The molecule has 1 aliphatic rings. The van der Waals surface area contributed by atoms with Crippen molar-refractivity contribution in [3.63, 3.8) is 0 Å². The van der Waals surface area contributed by atoms with Gasteiger partial charge in [-0.1, -0.05) is 12.8 Å². The molecule has 2 rings (SSSR count). The highest BCUT2D eigenvalue weighted by molar-refractivity contribution is 7.92. The van der Waals surface area contributed by atoms with Gasteiger partial charge in [0.25, 0.3) is 0 Å². The minimum Gasteiger partial charge on any atom is -0.341 e. The number of carbonyl (C=O) groups is 2. The van der Waals surface area contributed by atoms with Crippen LogP contribution in [-0.4, -0.2) is 50.9 Å². The van der Waals surface area contributed by atoms with Gasteiger partial charge in [0.15, 0.2) is 5.78 Å². The van der Waals surface area contributed by atoms with E-state index < -0.39 is 10.0 Å². The molecule has 0 aliphatic carbocycles. The predicted molar refractivity (Wildman–Crippen MR) is 93.7 cm³/mol. The van der Waals surface area contributed by atoms with Crippen molar-refractivity contribution < 1.29 is 18.0 Å². The van der Waals surface area contributed by atoms with Crippen LogP contribution in [0.1, 0.15) is 43.0 Å². The highest BCUT2D eigenvalue weighted by Crippen LogP contribution is 2.19. The van der Waals surface area contributed by atoms with Crippen LogP contribution < -0.4 is 4.31 Å². The molecular formula is C17H24N2O4S.